The van der Waals surface area contributed by atoms with Gasteiger partial charge < -0.3 is 5.32 Å². The van der Waals surface area contributed by atoms with Crippen LogP contribution in [0.15, 0.2) is 30.3 Å². The summed E-state index contributed by atoms with van der Waals surface area (Å²) in [5, 5.41) is 3.31. The predicted molar refractivity (Wildman–Crippen MR) is 52.7 cm³/mol. The Morgan fingerprint density at radius 2 is 1.92 bits per heavy atom. The fourth-order valence-corrected chi connectivity index (χ4v) is 1.27. The topological polar surface area (TPSA) is 12.0 Å². The first-order valence-corrected chi connectivity index (χ1v) is 4.43. The summed E-state index contributed by atoms with van der Waals surface area (Å²) in [6.45, 7) is 5.27. The molecule has 0 bridgehead atoms. The van der Waals surface area contributed by atoms with E-state index in [9.17, 15) is 0 Å². The number of rotatable bonds is 4. The van der Waals surface area contributed by atoms with E-state index in [1.807, 2.05) is 6.07 Å². The molecule has 0 aliphatic rings. The van der Waals surface area contributed by atoms with Crippen LogP contribution in [0.3, 0.4) is 0 Å². The number of nitrogens with one attached hydrogen (secondary N) is 1. The molecule has 1 nitrogen and oxygen atoms in total. The van der Waals surface area contributed by atoms with Gasteiger partial charge in [-0.25, -0.2) is 0 Å². The molecule has 0 heterocycles. The molecule has 0 aliphatic carbocycles. The SMILES string of the molecule is CCN[C](C)Cc1ccccc1. The summed E-state index contributed by atoms with van der Waals surface area (Å²) in [7, 11) is 0. The van der Waals surface area contributed by atoms with Crippen molar-refractivity contribution >= 4 is 0 Å². The third-order valence-electron chi connectivity index (χ3n) is 1.79. The summed E-state index contributed by atoms with van der Waals surface area (Å²) in [5.41, 5.74) is 1.37. The summed E-state index contributed by atoms with van der Waals surface area (Å²) in [6, 6.07) is 11.8. The zero-order chi connectivity index (χ0) is 8.81. The van der Waals surface area contributed by atoms with Gasteiger partial charge in [-0.05, 0) is 25.5 Å². The smallest absolute Gasteiger partial charge is 0.0376 e. The van der Waals surface area contributed by atoms with Crippen LogP contribution < -0.4 is 5.32 Å². The summed E-state index contributed by atoms with van der Waals surface area (Å²) >= 11 is 0. The monoisotopic (exact) mass is 162 g/mol. The Morgan fingerprint density at radius 1 is 1.25 bits per heavy atom. The summed E-state index contributed by atoms with van der Waals surface area (Å²) in [4.78, 5) is 0. The molecule has 0 aromatic heterocycles. The summed E-state index contributed by atoms with van der Waals surface area (Å²) in [6.07, 6.45) is 1.04. The van der Waals surface area contributed by atoms with E-state index in [0.29, 0.717) is 0 Å². The lowest BCUT2D eigenvalue weighted by atomic mass is 10.1. The Labute approximate surface area is 74.8 Å². The summed E-state index contributed by atoms with van der Waals surface area (Å²) in [5.74, 6) is 0. The molecule has 0 saturated heterocycles. The van der Waals surface area contributed by atoms with E-state index >= 15 is 0 Å². The van der Waals surface area contributed by atoms with Crippen molar-refractivity contribution in [2.24, 2.45) is 0 Å². The van der Waals surface area contributed by atoms with E-state index in [0.717, 1.165) is 13.0 Å². The van der Waals surface area contributed by atoms with Gasteiger partial charge in [0.1, 0.15) is 0 Å². The fraction of sp³-hybridized carbons (Fsp3) is 0.364. The highest BCUT2D eigenvalue weighted by Gasteiger charge is 2.00. The summed E-state index contributed by atoms with van der Waals surface area (Å²) < 4.78 is 0. The third kappa shape index (κ3) is 3.05. The molecule has 1 aromatic rings. The molecule has 0 unspecified atom stereocenters. The van der Waals surface area contributed by atoms with Crippen LogP contribution in [0.2, 0.25) is 0 Å². The van der Waals surface area contributed by atoms with Crippen LogP contribution in [0, 0.1) is 6.04 Å². The van der Waals surface area contributed by atoms with Gasteiger partial charge in [0.2, 0.25) is 0 Å². The first kappa shape index (κ1) is 9.27. The maximum atomic E-state index is 3.31. The lowest BCUT2D eigenvalue weighted by molar-refractivity contribution is 0.702. The van der Waals surface area contributed by atoms with E-state index in [1.54, 1.807) is 0 Å². The Hall–Kier alpha value is -0.820. The molecule has 1 N–H and O–H groups in total. The maximum absolute atomic E-state index is 3.31. The number of hydrogen-bond acceptors (Lipinski definition) is 1. The molecule has 1 rings (SSSR count). The van der Waals surface area contributed by atoms with Gasteiger partial charge in [0.25, 0.3) is 0 Å². The molecule has 0 amide bonds. The molecular weight excluding hydrogens is 146 g/mol. The fourth-order valence-electron chi connectivity index (χ4n) is 1.27. The zero-order valence-electron chi connectivity index (χ0n) is 7.80. The second-order valence-corrected chi connectivity index (χ2v) is 2.97. The first-order chi connectivity index (χ1) is 5.83. The highest BCUT2D eigenvalue weighted by molar-refractivity contribution is 5.17. The number of benzene rings is 1. The normalized spacial score (nSPS) is 10.6. The Balaban J connectivity index is 2.41. The van der Waals surface area contributed by atoms with E-state index in [2.05, 4.69) is 43.4 Å². The van der Waals surface area contributed by atoms with Crippen molar-refractivity contribution in [2.45, 2.75) is 20.3 Å². The Kier molecular flexibility index (Phi) is 3.81. The molecule has 0 atom stereocenters. The maximum Gasteiger partial charge on any atom is 0.0376 e. The molecule has 65 valence electrons. The van der Waals surface area contributed by atoms with E-state index < -0.39 is 0 Å². The van der Waals surface area contributed by atoms with E-state index in [1.165, 1.54) is 11.6 Å². The lowest BCUT2D eigenvalue weighted by Gasteiger charge is -2.10. The standard InChI is InChI=1S/C11H16N/c1-3-12-10(2)9-11-7-5-4-6-8-11/h4-8,12H,3,9H2,1-2H3. The minimum Gasteiger partial charge on any atom is -0.310 e. The van der Waals surface area contributed by atoms with Crippen LogP contribution >= 0.6 is 0 Å². The van der Waals surface area contributed by atoms with Crippen molar-refractivity contribution in [1.29, 1.82) is 0 Å². The van der Waals surface area contributed by atoms with Crippen molar-refractivity contribution in [3.05, 3.63) is 41.9 Å². The van der Waals surface area contributed by atoms with E-state index in [4.69, 9.17) is 0 Å². The van der Waals surface area contributed by atoms with Crippen LogP contribution in [-0.2, 0) is 6.42 Å². The second-order valence-electron chi connectivity index (χ2n) is 2.97. The van der Waals surface area contributed by atoms with Crippen molar-refractivity contribution in [2.75, 3.05) is 6.54 Å². The first-order valence-electron chi connectivity index (χ1n) is 4.43. The minimum atomic E-state index is 1.01. The van der Waals surface area contributed by atoms with Crippen LogP contribution in [0.1, 0.15) is 19.4 Å². The number of likely N-dealkylation sites (N-methyl/N-ethyl adjacent to an activating group) is 1. The molecule has 0 spiro atoms. The van der Waals surface area contributed by atoms with Crippen LogP contribution in [-0.4, -0.2) is 6.54 Å². The Bertz CT molecular complexity index is 206. The van der Waals surface area contributed by atoms with Gasteiger partial charge in [-0.15, -0.1) is 0 Å². The molecule has 0 aliphatic heterocycles. The predicted octanol–water partition coefficient (Wildman–Crippen LogP) is 2.39. The Morgan fingerprint density at radius 3 is 2.50 bits per heavy atom. The average molecular weight is 162 g/mol. The van der Waals surface area contributed by atoms with Gasteiger partial charge in [0.05, 0.1) is 0 Å². The minimum absolute atomic E-state index is 1.01. The van der Waals surface area contributed by atoms with Gasteiger partial charge in [0.15, 0.2) is 0 Å². The second kappa shape index (κ2) is 4.94. The average Bonchev–Trinajstić information content (AvgIpc) is 2.06. The molecule has 0 fully saturated rings. The van der Waals surface area contributed by atoms with Crippen LogP contribution in [0.25, 0.3) is 0 Å². The lowest BCUT2D eigenvalue weighted by Crippen LogP contribution is -2.19. The number of hydrogen-bond donors (Lipinski definition) is 1. The highest BCUT2D eigenvalue weighted by atomic mass is 14.9. The highest BCUT2D eigenvalue weighted by Crippen LogP contribution is 2.06. The van der Waals surface area contributed by atoms with Gasteiger partial charge in [-0.2, -0.15) is 0 Å². The van der Waals surface area contributed by atoms with E-state index in [-0.39, 0.29) is 0 Å². The largest absolute Gasteiger partial charge is 0.310 e. The quantitative estimate of drug-likeness (QED) is 0.716. The van der Waals surface area contributed by atoms with Gasteiger partial charge >= 0.3 is 0 Å². The third-order valence-corrected chi connectivity index (χ3v) is 1.79. The molecule has 1 aromatic carbocycles. The molecule has 0 saturated carbocycles. The zero-order valence-corrected chi connectivity index (χ0v) is 7.80. The van der Waals surface area contributed by atoms with Gasteiger partial charge in [0, 0.05) is 6.04 Å². The van der Waals surface area contributed by atoms with Crippen molar-refractivity contribution in [3.8, 4) is 0 Å². The molecule has 1 heteroatoms. The van der Waals surface area contributed by atoms with Crippen LogP contribution in [0.4, 0.5) is 0 Å². The van der Waals surface area contributed by atoms with Crippen LogP contribution in [0.5, 0.6) is 0 Å². The molecule has 12 heavy (non-hydrogen) atoms. The van der Waals surface area contributed by atoms with Crippen molar-refractivity contribution in [3.63, 3.8) is 0 Å². The van der Waals surface area contributed by atoms with Gasteiger partial charge in [-0.3, -0.25) is 0 Å². The van der Waals surface area contributed by atoms with Crippen molar-refractivity contribution in [1.82, 2.24) is 5.32 Å². The molecular formula is C11H16N. The van der Waals surface area contributed by atoms with Crippen molar-refractivity contribution < 1.29 is 0 Å². The van der Waals surface area contributed by atoms with Gasteiger partial charge in [-0.1, -0.05) is 37.3 Å². The molecule has 1 radical (unpaired) electrons.